The van der Waals surface area contributed by atoms with Crippen LogP contribution < -0.4 is 31.2 Å². The molecule has 5 N–H and O–H groups in total. The zero-order valence-corrected chi connectivity index (χ0v) is 50.4. The number of likely N-dealkylation sites (N-methyl/N-ethyl adjacent to an activating group) is 1. The number of nitrogen functional groups attached to an aromatic ring is 1. The molecule has 86 heavy (non-hydrogen) atoms. The van der Waals surface area contributed by atoms with Gasteiger partial charge in [0.05, 0.1) is 94.1 Å². The fourth-order valence-electron chi connectivity index (χ4n) is 10.9. The zero-order chi connectivity index (χ0) is 61.5. The van der Waals surface area contributed by atoms with Crippen molar-refractivity contribution in [1.29, 1.82) is 5.26 Å². The Bertz CT molecular complexity index is 3250. The monoisotopic (exact) mass is 1180 g/mol. The van der Waals surface area contributed by atoms with Crippen LogP contribution in [0.4, 0.5) is 10.1 Å². The lowest BCUT2D eigenvalue weighted by atomic mass is 9.83. The highest BCUT2D eigenvalue weighted by Gasteiger charge is 2.43. The Kier molecular flexibility index (Phi) is 22.4. The van der Waals surface area contributed by atoms with Crippen molar-refractivity contribution in [1.82, 2.24) is 40.5 Å². The molecule has 0 saturated carbocycles. The number of aryl methyl sites for hydroxylation is 2. The molecule has 4 amide bonds. The van der Waals surface area contributed by atoms with E-state index in [1.54, 1.807) is 49.7 Å². The van der Waals surface area contributed by atoms with Gasteiger partial charge in [-0.15, -0.1) is 0 Å². The summed E-state index contributed by atoms with van der Waals surface area (Å²) in [6, 6.07) is 20.8. The van der Waals surface area contributed by atoms with E-state index in [1.165, 1.54) is 28.7 Å². The number of hydrogen-bond acceptors (Lipinski definition) is 16. The Hall–Kier alpha value is -7.81. The summed E-state index contributed by atoms with van der Waals surface area (Å²) < 4.78 is 51.0. The lowest BCUT2D eigenvalue weighted by Crippen LogP contribution is -2.62. The Morgan fingerprint density at radius 3 is 2.29 bits per heavy atom. The Labute approximate surface area is 502 Å². The first-order chi connectivity index (χ1) is 41.3. The molecule has 3 aromatic carbocycles. The van der Waals surface area contributed by atoms with Crippen molar-refractivity contribution < 1.29 is 56.8 Å². The summed E-state index contributed by atoms with van der Waals surface area (Å²) in [5, 5.41) is 24.0. The summed E-state index contributed by atoms with van der Waals surface area (Å²) in [5.74, 6) is -1.12. The number of anilines is 1. The number of carbonyl (C=O) groups is 5. The van der Waals surface area contributed by atoms with E-state index in [9.17, 15) is 33.6 Å². The van der Waals surface area contributed by atoms with E-state index in [0.717, 1.165) is 36.0 Å². The molecule has 0 spiro atoms. The summed E-state index contributed by atoms with van der Waals surface area (Å²) in [5.41, 5.74) is 11.9. The maximum atomic E-state index is 14.7. The largest absolute Gasteiger partial charge is 0.491 e. The number of nitrogens with one attached hydrogen (secondary N) is 3. The minimum Gasteiger partial charge on any atom is -0.491 e. The molecule has 3 aliphatic rings. The summed E-state index contributed by atoms with van der Waals surface area (Å²) in [6.07, 6.45) is 3.07. The van der Waals surface area contributed by atoms with E-state index in [4.69, 9.17) is 34.2 Å². The van der Waals surface area contributed by atoms with E-state index < -0.39 is 35.5 Å². The normalized spacial score (nSPS) is 17.2. The summed E-state index contributed by atoms with van der Waals surface area (Å²) in [6.45, 7) is 12.4. The number of nitrogens with zero attached hydrogens (tertiary/aromatic N) is 6. The number of ketones is 1. The van der Waals surface area contributed by atoms with Crippen LogP contribution in [0.3, 0.4) is 0 Å². The summed E-state index contributed by atoms with van der Waals surface area (Å²) in [7, 11) is 3.30. The van der Waals surface area contributed by atoms with Crippen LogP contribution in [0.2, 0.25) is 0 Å². The van der Waals surface area contributed by atoms with Crippen LogP contribution in [0.15, 0.2) is 72.8 Å². The molecule has 0 saturated heterocycles. The molecule has 460 valence electrons. The van der Waals surface area contributed by atoms with Crippen LogP contribution in [-0.4, -0.2) is 146 Å². The second kappa shape index (κ2) is 30.0. The van der Waals surface area contributed by atoms with Crippen molar-refractivity contribution in [2.75, 3.05) is 79.3 Å². The lowest BCUT2D eigenvalue weighted by Gasteiger charge is -2.41. The molecule has 0 fully saturated rings. The first-order valence-corrected chi connectivity index (χ1v) is 29.6. The van der Waals surface area contributed by atoms with Gasteiger partial charge in [0.15, 0.2) is 5.69 Å². The molecule has 4 heterocycles. The number of nitrogens with two attached hydrogens (primary N) is 1. The van der Waals surface area contributed by atoms with Crippen molar-refractivity contribution in [3.63, 3.8) is 0 Å². The van der Waals surface area contributed by atoms with Gasteiger partial charge in [-0.3, -0.25) is 28.7 Å². The lowest BCUT2D eigenvalue weighted by molar-refractivity contribution is -0.147. The molecule has 21 nitrogen and oxygen atoms in total. The quantitative estimate of drug-likeness (QED) is 0.0418. The number of nitriles is 1. The third kappa shape index (κ3) is 16.4. The third-order valence-electron chi connectivity index (χ3n) is 15.8. The van der Waals surface area contributed by atoms with Crippen LogP contribution in [0.1, 0.15) is 128 Å². The number of fused-ring (bicyclic) bond motifs is 7. The van der Waals surface area contributed by atoms with Crippen molar-refractivity contribution in [3.05, 3.63) is 123 Å². The maximum Gasteiger partial charge on any atom is 0.254 e. The summed E-state index contributed by atoms with van der Waals surface area (Å²) >= 11 is 0. The fraction of sp³-hybridized carbons (Fsp3) is 0.500. The van der Waals surface area contributed by atoms with E-state index in [1.807, 2.05) is 51.1 Å². The number of amides is 4. The molecule has 2 aliphatic heterocycles. The smallest absolute Gasteiger partial charge is 0.254 e. The SMILES string of the molecule is CN[C@H](C)C(=O)N[C@@H](C(=O)N1Cc2cc(OCCOCCOCCOCCOCCC(=O)CCCn3nc(C#N)c4c3CN(C)C(=O)c3ccc(F)cc3[C@@H](C)Oc3nc-4ccc3N)ccc2C[C@@H]1C(=O)N[C@H]1CCCc2ccccc21)C(C)(C)C. The van der Waals surface area contributed by atoms with Crippen molar-refractivity contribution in [2.24, 2.45) is 5.41 Å². The zero-order valence-electron chi connectivity index (χ0n) is 50.4. The standard InChI is InChI=1S/C64H81FN10O11/c1-40(68-6)59(77)71-58(64(3,4)5)63(80)74-38-44-34-47(19-17-43(44)35-55(74)60(78)69-52-16-10-13-42-12-8-9-15-48(42)52)85-33-32-84-31-30-83-29-28-82-27-26-81-25-23-46(76)14-11-24-75-56-39-73(7)62(79)49-20-18-45(65)36-50(49)41(2)86-61-51(67)21-22-53(70-61)57(56)54(37-66)72-75/h8-9,12,15,17-22,34,36,40-41,52,55,58,68H,10-11,13-14,16,23-33,35,38-39,67H2,1-7H3,(H,69,78)(H,71,77)/t40-,41-,52+,55-,58+/m1/s1. The number of benzene rings is 3. The van der Waals surface area contributed by atoms with E-state index in [2.05, 4.69) is 44.2 Å². The first-order valence-electron chi connectivity index (χ1n) is 29.6. The molecule has 2 aromatic heterocycles. The number of aromatic nitrogens is 3. The number of pyridine rings is 1. The number of carbonyl (C=O) groups excluding carboxylic acids is 5. The molecule has 22 heteroatoms. The maximum absolute atomic E-state index is 14.7. The number of hydrogen-bond donors (Lipinski definition) is 4. The van der Waals surface area contributed by atoms with Crippen molar-refractivity contribution in [2.45, 2.75) is 129 Å². The molecule has 5 aromatic rings. The first kappa shape index (κ1) is 64.2. The van der Waals surface area contributed by atoms with Gasteiger partial charge in [-0.25, -0.2) is 9.37 Å². The van der Waals surface area contributed by atoms with Crippen LogP contribution in [0.25, 0.3) is 11.3 Å². The van der Waals surface area contributed by atoms with Crippen LogP contribution in [0.5, 0.6) is 11.6 Å². The minimum absolute atomic E-state index is 0.00954. The molecule has 8 rings (SSSR count). The second-order valence-electron chi connectivity index (χ2n) is 23.0. The minimum atomic E-state index is -0.895. The highest BCUT2D eigenvalue weighted by atomic mass is 19.1. The fourth-order valence-corrected chi connectivity index (χ4v) is 10.9. The number of ether oxygens (including phenoxy) is 6. The van der Waals surface area contributed by atoms with Gasteiger partial charge >= 0.3 is 0 Å². The number of rotatable bonds is 26. The predicted molar refractivity (Wildman–Crippen MR) is 318 cm³/mol. The summed E-state index contributed by atoms with van der Waals surface area (Å²) in [4.78, 5) is 76.8. The average Bonchev–Trinajstić information content (AvgIpc) is 1.49. The van der Waals surface area contributed by atoms with Gasteiger partial charge in [0.2, 0.25) is 23.6 Å². The molecule has 5 atom stereocenters. The Morgan fingerprint density at radius 2 is 1.58 bits per heavy atom. The predicted octanol–water partition coefficient (Wildman–Crippen LogP) is 6.73. The third-order valence-corrected chi connectivity index (χ3v) is 15.8. The molecular weight excluding hydrogens is 1100 g/mol. The topological polar surface area (TPSA) is 264 Å². The van der Waals surface area contributed by atoms with Crippen LogP contribution in [-0.2, 0) is 70.6 Å². The van der Waals surface area contributed by atoms with Gasteiger partial charge in [0.25, 0.3) is 5.91 Å². The van der Waals surface area contributed by atoms with E-state index >= 15 is 0 Å². The van der Waals surface area contributed by atoms with Gasteiger partial charge in [-0.2, -0.15) is 10.4 Å². The van der Waals surface area contributed by atoms with Gasteiger partial charge in [0, 0.05) is 50.5 Å². The van der Waals surface area contributed by atoms with Crippen molar-refractivity contribution in [3.8, 4) is 29.0 Å². The van der Waals surface area contributed by atoms with Crippen molar-refractivity contribution >= 4 is 35.1 Å². The Morgan fingerprint density at radius 1 is 0.872 bits per heavy atom. The van der Waals surface area contributed by atoms with Crippen LogP contribution in [0, 0.1) is 22.6 Å². The second-order valence-corrected chi connectivity index (χ2v) is 23.0. The molecule has 0 radical (unpaired) electrons. The van der Waals surface area contributed by atoms with Gasteiger partial charge < -0.3 is 59.9 Å². The number of halogens is 1. The highest BCUT2D eigenvalue weighted by molar-refractivity contribution is 5.96. The van der Waals surface area contributed by atoms with E-state index in [-0.39, 0.29) is 104 Å². The van der Waals surface area contributed by atoms with Crippen LogP contribution >= 0.6 is 0 Å². The average molecular weight is 1190 g/mol. The van der Waals surface area contributed by atoms with Gasteiger partial charge in [-0.1, -0.05) is 51.1 Å². The Balaban J connectivity index is 0.722. The number of Topliss-reactive ketones (excluding diaryl/α,β-unsaturated/α-hetero) is 1. The molecule has 0 unspecified atom stereocenters. The molecule has 2 bridgehead atoms. The van der Waals surface area contributed by atoms with Gasteiger partial charge in [0.1, 0.15) is 48.2 Å². The van der Waals surface area contributed by atoms with Gasteiger partial charge in [-0.05, 0) is 117 Å². The van der Waals surface area contributed by atoms with E-state index in [0.29, 0.717) is 87.4 Å². The highest BCUT2D eigenvalue weighted by Crippen LogP contribution is 2.37. The molecular formula is C64H81FN10O11. The molecule has 1 aliphatic carbocycles.